The summed E-state index contributed by atoms with van der Waals surface area (Å²) < 4.78 is 0. The molecule has 0 unspecified atom stereocenters. The van der Waals surface area contributed by atoms with Gasteiger partial charge in [0.2, 0.25) is 5.91 Å². The fourth-order valence-electron chi connectivity index (χ4n) is 0.409. The summed E-state index contributed by atoms with van der Waals surface area (Å²) in [7, 11) is 0. The van der Waals surface area contributed by atoms with Gasteiger partial charge in [0.25, 0.3) is 0 Å². The second-order valence-electron chi connectivity index (χ2n) is 1.73. The van der Waals surface area contributed by atoms with E-state index in [1.807, 2.05) is 0 Å². The summed E-state index contributed by atoms with van der Waals surface area (Å²) in [5, 5.41) is 10.6. The number of halogens is 1. The maximum Gasteiger partial charge on any atom is 0.305 e. The summed E-state index contributed by atoms with van der Waals surface area (Å²) in [6.45, 7) is 0.158. The minimum Gasteiger partial charge on any atom is -0.481 e. The Morgan fingerprint density at radius 3 is 2.64 bits per heavy atom. The molecule has 2 N–H and O–H groups in total. The van der Waals surface area contributed by atoms with E-state index < -0.39 is 5.97 Å². The van der Waals surface area contributed by atoms with E-state index in [4.69, 9.17) is 5.11 Å². The summed E-state index contributed by atoms with van der Waals surface area (Å²) >= 11 is 2.91. The fourth-order valence-corrected chi connectivity index (χ4v) is 0.649. The minimum absolute atomic E-state index is 0.0537. The highest BCUT2D eigenvalue weighted by Crippen LogP contribution is 1.82. The molecule has 0 fully saturated rings. The molecular formula is C6H8BrNO3. The van der Waals surface area contributed by atoms with E-state index in [2.05, 4.69) is 21.2 Å². The second-order valence-corrected chi connectivity index (χ2v) is 2.26. The van der Waals surface area contributed by atoms with E-state index in [0.29, 0.717) is 0 Å². The van der Waals surface area contributed by atoms with Crippen LogP contribution in [-0.2, 0) is 9.59 Å². The van der Waals surface area contributed by atoms with Crippen LogP contribution >= 0.6 is 15.9 Å². The van der Waals surface area contributed by atoms with Crippen LogP contribution in [0.1, 0.15) is 6.42 Å². The molecule has 0 spiro atoms. The first-order chi connectivity index (χ1) is 5.16. The third-order valence-electron chi connectivity index (χ3n) is 0.852. The quantitative estimate of drug-likeness (QED) is 0.680. The molecule has 0 aromatic carbocycles. The van der Waals surface area contributed by atoms with Crippen LogP contribution < -0.4 is 5.32 Å². The number of hydrogen-bond acceptors (Lipinski definition) is 2. The van der Waals surface area contributed by atoms with Crippen LogP contribution in [0.25, 0.3) is 0 Å². The Hall–Kier alpha value is -0.840. The summed E-state index contributed by atoms with van der Waals surface area (Å²) in [5.74, 6) is -1.23. The molecule has 0 aliphatic heterocycles. The highest BCUT2D eigenvalue weighted by atomic mass is 79.9. The molecule has 62 valence electrons. The Balaban J connectivity index is 3.39. The Morgan fingerprint density at radius 2 is 2.18 bits per heavy atom. The number of carbonyl (C=O) groups is 2. The van der Waals surface area contributed by atoms with Gasteiger partial charge in [-0.25, -0.2) is 0 Å². The first kappa shape index (κ1) is 10.2. The van der Waals surface area contributed by atoms with Gasteiger partial charge in [0.05, 0.1) is 6.42 Å². The van der Waals surface area contributed by atoms with Crippen LogP contribution in [0.4, 0.5) is 0 Å². The number of rotatable bonds is 4. The highest BCUT2D eigenvalue weighted by molar-refractivity contribution is 9.11. The number of carboxylic acids is 1. The lowest BCUT2D eigenvalue weighted by Gasteiger charge is -1.96. The van der Waals surface area contributed by atoms with Gasteiger partial charge in [-0.2, -0.15) is 0 Å². The smallest absolute Gasteiger partial charge is 0.305 e. The SMILES string of the molecule is O=C(O)CCNC(=O)/C=C/Br. The van der Waals surface area contributed by atoms with Gasteiger partial charge in [-0.15, -0.1) is 0 Å². The summed E-state index contributed by atoms with van der Waals surface area (Å²) in [5.41, 5.74) is 0. The highest BCUT2D eigenvalue weighted by Gasteiger charge is 1.97. The van der Waals surface area contributed by atoms with Crippen molar-refractivity contribution in [3.8, 4) is 0 Å². The zero-order valence-corrected chi connectivity index (χ0v) is 7.30. The van der Waals surface area contributed by atoms with Crippen LogP contribution in [0.15, 0.2) is 11.1 Å². The second kappa shape index (κ2) is 5.91. The van der Waals surface area contributed by atoms with Crippen LogP contribution in [0, 0.1) is 0 Å². The molecule has 11 heavy (non-hydrogen) atoms. The van der Waals surface area contributed by atoms with E-state index in [1.165, 1.54) is 11.1 Å². The molecular weight excluding hydrogens is 214 g/mol. The zero-order chi connectivity index (χ0) is 8.69. The molecule has 1 amide bonds. The van der Waals surface area contributed by atoms with Crippen LogP contribution in [0.2, 0.25) is 0 Å². The van der Waals surface area contributed by atoms with Gasteiger partial charge in [0.1, 0.15) is 0 Å². The number of aliphatic carboxylic acids is 1. The molecule has 0 radical (unpaired) electrons. The van der Waals surface area contributed by atoms with E-state index >= 15 is 0 Å². The van der Waals surface area contributed by atoms with Crippen LogP contribution in [0.5, 0.6) is 0 Å². The topological polar surface area (TPSA) is 66.4 Å². The van der Waals surface area contributed by atoms with Crippen molar-refractivity contribution < 1.29 is 14.7 Å². The predicted molar refractivity (Wildman–Crippen MR) is 43.3 cm³/mol. The van der Waals surface area contributed by atoms with Crippen molar-refractivity contribution >= 4 is 27.8 Å². The van der Waals surface area contributed by atoms with Crippen molar-refractivity contribution in [2.45, 2.75) is 6.42 Å². The lowest BCUT2D eigenvalue weighted by Crippen LogP contribution is -2.23. The van der Waals surface area contributed by atoms with E-state index in [9.17, 15) is 9.59 Å². The number of carbonyl (C=O) groups excluding carboxylic acids is 1. The van der Waals surface area contributed by atoms with E-state index in [-0.39, 0.29) is 18.9 Å². The first-order valence-electron chi connectivity index (χ1n) is 2.93. The molecule has 0 aliphatic carbocycles. The fraction of sp³-hybridized carbons (Fsp3) is 0.333. The Labute approximate surface area is 72.4 Å². The van der Waals surface area contributed by atoms with Gasteiger partial charge in [0, 0.05) is 12.6 Å². The lowest BCUT2D eigenvalue weighted by atomic mass is 10.4. The Morgan fingerprint density at radius 1 is 1.55 bits per heavy atom. The van der Waals surface area contributed by atoms with Crippen molar-refractivity contribution in [1.29, 1.82) is 0 Å². The molecule has 4 nitrogen and oxygen atoms in total. The van der Waals surface area contributed by atoms with Crippen molar-refractivity contribution in [3.05, 3.63) is 11.1 Å². The predicted octanol–water partition coefficient (Wildman–Crippen LogP) is 0.486. The zero-order valence-electron chi connectivity index (χ0n) is 5.71. The molecule has 0 bridgehead atoms. The van der Waals surface area contributed by atoms with Crippen LogP contribution in [0.3, 0.4) is 0 Å². The van der Waals surface area contributed by atoms with Crippen molar-refractivity contribution in [2.75, 3.05) is 6.54 Å². The van der Waals surface area contributed by atoms with Crippen molar-refractivity contribution in [3.63, 3.8) is 0 Å². The van der Waals surface area contributed by atoms with E-state index in [1.54, 1.807) is 0 Å². The summed E-state index contributed by atoms with van der Waals surface area (Å²) in [6.07, 6.45) is 1.21. The molecule has 5 heteroatoms. The van der Waals surface area contributed by atoms with Gasteiger partial charge in [0.15, 0.2) is 0 Å². The summed E-state index contributed by atoms with van der Waals surface area (Å²) in [6, 6.07) is 0. The van der Waals surface area contributed by atoms with E-state index in [0.717, 1.165) is 0 Å². The molecule has 0 atom stereocenters. The maximum absolute atomic E-state index is 10.6. The average molecular weight is 222 g/mol. The normalized spacial score (nSPS) is 9.91. The monoisotopic (exact) mass is 221 g/mol. The third kappa shape index (κ3) is 7.05. The maximum atomic E-state index is 10.6. The van der Waals surface area contributed by atoms with Crippen molar-refractivity contribution in [1.82, 2.24) is 5.32 Å². The number of amides is 1. The van der Waals surface area contributed by atoms with Crippen molar-refractivity contribution in [2.24, 2.45) is 0 Å². The third-order valence-corrected chi connectivity index (χ3v) is 1.12. The molecule has 0 aromatic heterocycles. The van der Waals surface area contributed by atoms with Gasteiger partial charge in [-0.3, -0.25) is 9.59 Å². The number of carboxylic acid groups (broad SMARTS) is 1. The standard InChI is InChI=1S/C6H8BrNO3/c7-3-1-5(9)8-4-2-6(10)11/h1,3H,2,4H2,(H,8,9)(H,10,11)/b3-1+. The lowest BCUT2D eigenvalue weighted by molar-refractivity contribution is -0.136. The molecule has 0 aliphatic rings. The Kier molecular flexibility index (Phi) is 5.46. The van der Waals surface area contributed by atoms with Gasteiger partial charge in [-0.05, 0) is 4.99 Å². The number of nitrogens with one attached hydrogen (secondary N) is 1. The largest absolute Gasteiger partial charge is 0.481 e. The molecule has 0 aromatic rings. The average Bonchev–Trinajstić information content (AvgIpc) is 1.87. The van der Waals surface area contributed by atoms with Crippen LogP contribution in [-0.4, -0.2) is 23.5 Å². The van der Waals surface area contributed by atoms with Gasteiger partial charge < -0.3 is 10.4 Å². The van der Waals surface area contributed by atoms with Gasteiger partial charge in [-0.1, -0.05) is 15.9 Å². The molecule has 0 heterocycles. The Bertz CT molecular complexity index is 179. The van der Waals surface area contributed by atoms with Gasteiger partial charge >= 0.3 is 5.97 Å². The minimum atomic E-state index is -0.923. The molecule has 0 saturated carbocycles. The molecule has 0 saturated heterocycles. The number of hydrogen-bond donors (Lipinski definition) is 2. The first-order valence-corrected chi connectivity index (χ1v) is 3.84. The summed E-state index contributed by atoms with van der Waals surface area (Å²) in [4.78, 5) is 22.0. The molecule has 0 rings (SSSR count).